The van der Waals surface area contributed by atoms with Crippen LogP contribution in [-0.2, 0) is 4.79 Å². The van der Waals surface area contributed by atoms with Gasteiger partial charge in [0, 0.05) is 21.8 Å². The Hall–Kier alpha value is -1.00. The maximum absolute atomic E-state index is 12.4. The summed E-state index contributed by atoms with van der Waals surface area (Å²) in [5.41, 5.74) is 0.957. The third-order valence-corrected chi connectivity index (χ3v) is 6.38. The Morgan fingerprint density at radius 1 is 1.13 bits per heavy atom. The van der Waals surface area contributed by atoms with E-state index in [1.54, 1.807) is 0 Å². The monoisotopic (exact) mass is 332 g/mol. The second-order valence-electron chi connectivity index (χ2n) is 6.97. The lowest BCUT2D eigenvalue weighted by atomic mass is 9.88. The minimum absolute atomic E-state index is 0.214. The number of amides is 1. The van der Waals surface area contributed by atoms with Crippen LogP contribution in [0.25, 0.3) is 0 Å². The molecule has 3 nitrogen and oxygen atoms in total. The molecule has 23 heavy (non-hydrogen) atoms. The van der Waals surface area contributed by atoms with Gasteiger partial charge in [0.25, 0.3) is 0 Å². The predicted octanol–water partition coefficient (Wildman–Crippen LogP) is 4.39. The molecule has 1 N–H and O–H groups in total. The SMILES string of the molecule is CN1CCC(Sc2cccc(NC(=O)C3CCCCC3)c2)CC1. The molecule has 126 valence electrons. The van der Waals surface area contributed by atoms with Crippen LogP contribution in [0.3, 0.4) is 0 Å². The van der Waals surface area contributed by atoms with Crippen molar-refractivity contribution >= 4 is 23.4 Å². The van der Waals surface area contributed by atoms with E-state index >= 15 is 0 Å². The van der Waals surface area contributed by atoms with Crippen LogP contribution in [0.1, 0.15) is 44.9 Å². The van der Waals surface area contributed by atoms with Crippen molar-refractivity contribution in [2.45, 2.75) is 55.1 Å². The molecule has 1 amide bonds. The summed E-state index contributed by atoms with van der Waals surface area (Å²) in [6, 6.07) is 8.39. The minimum atomic E-state index is 0.214. The number of thioether (sulfide) groups is 1. The lowest BCUT2D eigenvalue weighted by Crippen LogP contribution is -2.31. The molecule has 2 aliphatic rings. The Balaban J connectivity index is 1.55. The lowest BCUT2D eigenvalue weighted by Gasteiger charge is -2.28. The summed E-state index contributed by atoms with van der Waals surface area (Å²) in [6.45, 7) is 2.38. The second kappa shape index (κ2) is 8.20. The van der Waals surface area contributed by atoms with Gasteiger partial charge in [-0.2, -0.15) is 0 Å². The maximum atomic E-state index is 12.4. The van der Waals surface area contributed by atoms with Crippen LogP contribution < -0.4 is 5.32 Å². The zero-order valence-corrected chi connectivity index (χ0v) is 14.9. The van der Waals surface area contributed by atoms with Gasteiger partial charge in [0.1, 0.15) is 0 Å². The van der Waals surface area contributed by atoms with Crippen LogP contribution in [0, 0.1) is 5.92 Å². The van der Waals surface area contributed by atoms with Crippen molar-refractivity contribution in [1.82, 2.24) is 4.90 Å². The molecular weight excluding hydrogens is 304 g/mol. The minimum Gasteiger partial charge on any atom is -0.326 e. The highest BCUT2D eigenvalue weighted by Crippen LogP contribution is 2.32. The first-order valence-electron chi connectivity index (χ1n) is 8.97. The summed E-state index contributed by atoms with van der Waals surface area (Å²) in [5.74, 6) is 0.431. The second-order valence-corrected chi connectivity index (χ2v) is 8.35. The third-order valence-electron chi connectivity index (χ3n) is 5.05. The van der Waals surface area contributed by atoms with E-state index in [-0.39, 0.29) is 11.8 Å². The molecule has 1 saturated carbocycles. The molecule has 1 aliphatic heterocycles. The summed E-state index contributed by atoms with van der Waals surface area (Å²) in [4.78, 5) is 16.1. The molecular formula is C19H28N2OS. The van der Waals surface area contributed by atoms with E-state index in [1.807, 2.05) is 17.8 Å². The highest BCUT2D eigenvalue weighted by atomic mass is 32.2. The number of anilines is 1. The van der Waals surface area contributed by atoms with Crippen LogP contribution >= 0.6 is 11.8 Å². The molecule has 0 unspecified atom stereocenters. The van der Waals surface area contributed by atoms with E-state index in [4.69, 9.17) is 0 Å². The van der Waals surface area contributed by atoms with Gasteiger partial charge in [-0.15, -0.1) is 11.8 Å². The molecule has 0 atom stereocenters. The number of benzene rings is 1. The number of rotatable bonds is 4. The van der Waals surface area contributed by atoms with E-state index in [9.17, 15) is 4.79 Å². The van der Waals surface area contributed by atoms with Gasteiger partial charge in [-0.1, -0.05) is 25.3 Å². The molecule has 2 fully saturated rings. The van der Waals surface area contributed by atoms with Crippen LogP contribution in [0.5, 0.6) is 0 Å². The number of nitrogens with one attached hydrogen (secondary N) is 1. The molecule has 0 bridgehead atoms. The fourth-order valence-electron chi connectivity index (χ4n) is 3.55. The van der Waals surface area contributed by atoms with Gasteiger partial charge >= 0.3 is 0 Å². The van der Waals surface area contributed by atoms with Crippen molar-refractivity contribution < 1.29 is 4.79 Å². The molecule has 1 aromatic rings. The summed E-state index contributed by atoms with van der Waals surface area (Å²) >= 11 is 1.97. The normalized spacial score (nSPS) is 21.3. The van der Waals surface area contributed by atoms with E-state index in [0.717, 1.165) is 18.5 Å². The average molecular weight is 333 g/mol. The van der Waals surface area contributed by atoms with Crippen molar-refractivity contribution in [1.29, 1.82) is 0 Å². The zero-order chi connectivity index (χ0) is 16.1. The zero-order valence-electron chi connectivity index (χ0n) is 14.1. The fourth-order valence-corrected chi connectivity index (χ4v) is 4.74. The number of carbonyl (C=O) groups excluding carboxylic acids is 1. The van der Waals surface area contributed by atoms with E-state index in [1.165, 1.54) is 50.1 Å². The summed E-state index contributed by atoms with van der Waals surface area (Å²) in [6.07, 6.45) is 8.28. The molecule has 1 aromatic carbocycles. The number of piperidine rings is 1. The Morgan fingerprint density at radius 2 is 1.87 bits per heavy atom. The van der Waals surface area contributed by atoms with Gasteiger partial charge in [0.05, 0.1) is 0 Å². The van der Waals surface area contributed by atoms with Gasteiger partial charge in [-0.05, 0) is 64.0 Å². The average Bonchev–Trinajstić information content (AvgIpc) is 2.58. The predicted molar refractivity (Wildman–Crippen MR) is 98.0 cm³/mol. The first-order chi connectivity index (χ1) is 11.2. The Labute approximate surface area is 144 Å². The van der Waals surface area contributed by atoms with Crippen molar-refractivity contribution in [3.05, 3.63) is 24.3 Å². The molecule has 0 spiro atoms. The molecule has 3 rings (SSSR count). The number of likely N-dealkylation sites (tertiary alicyclic amines) is 1. The number of carbonyl (C=O) groups is 1. The highest BCUT2D eigenvalue weighted by molar-refractivity contribution is 8.00. The van der Waals surface area contributed by atoms with E-state index < -0.39 is 0 Å². The summed E-state index contributed by atoms with van der Waals surface area (Å²) < 4.78 is 0. The van der Waals surface area contributed by atoms with Gasteiger partial charge in [0.2, 0.25) is 5.91 Å². The molecule has 0 aromatic heterocycles. The quantitative estimate of drug-likeness (QED) is 0.887. The Bertz CT molecular complexity index is 520. The Morgan fingerprint density at radius 3 is 2.61 bits per heavy atom. The number of nitrogens with zero attached hydrogens (tertiary/aromatic N) is 1. The van der Waals surface area contributed by atoms with E-state index in [2.05, 4.69) is 35.5 Å². The number of hydrogen-bond acceptors (Lipinski definition) is 3. The number of hydrogen-bond donors (Lipinski definition) is 1. The van der Waals surface area contributed by atoms with Gasteiger partial charge < -0.3 is 10.2 Å². The van der Waals surface area contributed by atoms with Crippen molar-refractivity contribution in [3.8, 4) is 0 Å². The first kappa shape index (κ1) is 16.8. The molecule has 0 radical (unpaired) electrons. The van der Waals surface area contributed by atoms with Crippen molar-refractivity contribution in [3.63, 3.8) is 0 Å². The summed E-state index contributed by atoms with van der Waals surface area (Å²) in [5, 5.41) is 3.84. The molecule has 1 aliphatic carbocycles. The van der Waals surface area contributed by atoms with Crippen LogP contribution in [-0.4, -0.2) is 36.2 Å². The lowest BCUT2D eigenvalue weighted by molar-refractivity contribution is -0.120. The van der Waals surface area contributed by atoms with Crippen molar-refractivity contribution in [2.24, 2.45) is 5.92 Å². The van der Waals surface area contributed by atoms with Crippen molar-refractivity contribution in [2.75, 3.05) is 25.5 Å². The highest BCUT2D eigenvalue weighted by Gasteiger charge is 2.21. The maximum Gasteiger partial charge on any atom is 0.227 e. The largest absolute Gasteiger partial charge is 0.326 e. The molecule has 4 heteroatoms. The van der Waals surface area contributed by atoms with Crippen LogP contribution in [0.15, 0.2) is 29.2 Å². The van der Waals surface area contributed by atoms with Crippen LogP contribution in [0.2, 0.25) is 0 Å². The Kier molecular flexibility index (Phi) is 6.01. The third kappa shape index (κ3) is 4.98. The van der Waals surface area contributed by atoms with Crippen LogP contribution in [0.4, 0.5) is 5.69 Å². The molecule has 1 heterocycles. The fraction of sp³-hybridized carbons (Fsp3) is 0.632. The van der Waals surface area contributed by atoms with E-state index in [0.29, 0.717) is 5.25 Å². The smallest absolute Gasteiger partial charge is 0.227 e. The van der Waals surface area contributed by atoms with Gasteiger partial charge in [-0.25, -0.2) is 0 Å². The molecule has 1 saturated heterocycles. The first-order valence-corrected chi connectivity index (χ1v) is 9.85. The van der Waals surface area contributed by atoms with Gasteiger partial charge in [-0.3, -0.25) is 4.79 Å². The topological polar surface area (TPSA) is 32.3 Å². The van der Waals surface area contributed by atoms with Gasteiger partial charge in [0.15, 0.2) is 0 Å². The summed E-state index contributed by atoms with van der Waals surface area (Å²) in [7, 11) is 2.20. The standard InChI is InChI=1S/C19H28N2OS/c1-21-12-10-17(11-13-21)23-18-9-5-8-16(14-18)20-19(22)15-6-3-2-4-7-15/h5,8-9,14-15,17H,2-4,6-7,10-13H2,1H3,(H,20,22).